The number of hydrogen-bond donors (Lipinski definition) is 2. The van der Waals surface area contributed by atoms with Crippen molar-refractivity contribution in [3.05, 3.63) is 69.8 Å². The molecule has 0 amide bonds. The van der Waals surface area contributed by atoms with E-state index in [4.69, 9.17) is 5.26 Å². The maximum atomic E-state index is 11.2. The topological polar surface area (TPSA) is 73.1 Å². The molecule has 0 saturated carbocycles. The summed E-state index contributed by atoms with van der Waals surface area (Å²) in [4.78, 5) is 11.2. The minimum atomic E-state index is -0.889. The molecule has 23 heavy (non-hydrogen) atoms. The Labute approximate surface area is 136 Å². The molecule has 0 aliphatic heterocycles. The van der Waals surface area contributed by atoms with Gasteiger partial charge in [0.25, 0.3) is 0 Å². The molecule has 0 spiro atoms. The fourth-order valence-electron chi connectivity index (χ4n) is 2.72. The van der Waals surface area contributed by atoms with E-state index in [0.29, 0.717) is 30.6 Å². The average Bonchev–Trinajstić information content (AvgIpc) is 2.53. The van der Waals surface area contributed by atoms with Crippen molar-refractivity contribution < 1.29 is 9.90 Å². The van der Waals surface area contributed by atoms with Gasteiger partial charge in [-0.1, -0.05) is 18.2 Å². The van der Waals surface area contributed by atoms with Gasteiger partial charge in [0, 0.05) is 6.54 Å². The van der Waals surface area contributed by atoms with Crippen molar-refractivity contribution in [1.29, 1.82) is 5.26 Å². The number of benzene rings is 2. The summed E-state index contributed by atoms with van der Waals surface area (Å²) in [5.74, 6) is -0.889. The second-order valence-electron chi connectivity index (χ2n) is 5.59. The van der Waals surface area contributed by atoms with Crippen molar-refractivity contribution in [2.75, 3.05) is 6.54 Å². The molecule has 4 nitrogen and oxygen atoms in total. The molecule has 0 fully saturated rings. The molecular formula is C19H20N2O2. The molecule has 2 rings (SSSR count). The van der Waals surface area contributed by atoms with Crippen LogP contribution in [0.3, 0.4) is 0 Å². The normalized spacial score (nSPS) is 10.3. The Morgan fingerprint density at radius 2 is 1.87 bits per heavy atom. The van der Waals surface area contributed by atoms with E-state index in [0.717, 1.165) is 16.7 Å². The van der Waals surface area contributed by atoms with Crippen molar-refractivity contribution in [2.45, 2.75) is 26.8 Å². The number of aryl methyl sites for hydroxylation is 2. The molecule has 0 heterocycles. The van der Waals surface area contributed by atoms with Gasteiger partial charge in [0.2, 0.25) is 0 Å². The van der Waals surface area contributed by atoms with E-state index in [-0.39, 0.29) is 0 Å². The fourth-order valence-corrected chi connectivity index (χ4v) is 2.72. The van der Waals surface area contributed by atoms with Gasteiger partial charge < -0.3 is 10.4 Å². The quantitative estimate of drug-likeness (QED) is 0.804. The molecule has 0 radical (unpaired) electrons. The highest BCUT2D eigenvalue weighted by atomic mass is 16.4. The van der Waals surface area contributed by atoms with Crippen LogP contribution in [-0.4, -0.2) is 17.6 Å². The van der Waals surface area contributed by atoms with Crippen molar-refractivity contribution >= 4 is 5.97 Å². The van der Waals surface area contributed by atoms with E-state index in [2.05, 4.69) is 11.4 Å². The third kappa shape index (κ3) is 4.18. The van der Waals surface area contributed by atoms with E-state index >= 15 is 0 Å². The molecule has 0 saturated heterocycles. The van der Waals surface area contributed by atoms with Gasteiger partial charge in [-0.05, 0) is 67.3 Å². The highest BCUT2D eigenvalue weighted by molar-refractivity contribution is 5.89. The number of carboxylic acids is 1. The summed E-state index contributed by atoms with van der Waals surface area (Å²) in [6.07, 6.45) is 0.664. The molecule has 0 aromatic heterocycles. The summed E-state index contributed by atoms with van der Waals surface area (Å²) < 4.78 is 0. The van der Waals surface area contributed by atoms with Crippen LogP contribution in [0.4, 0.5) is 0 Å². The first-order valence-corrected chi connectivity index (χ1v) is 7.55. The lowest BCUT2D eigenvalue weighted by molar-refractivity contribution is 0.0695. The van der Waals surface area contributed by atoms with E-state index in [1.165, 1.54) is 5.56 Å². The van der Waals surface area contributed by atoms with Crippen LogP contribution in [0.25, 0.3) is 0 Å². The van der Waals surface area contributed by atoms with Crippen LogP contribution < -0.4 is 5.32 Å². The summed E-state index contributed by atoms with van der Waals surface area (Å²) in [7, 11) is 0. The second kappa shape index (κ2) is 7.57. The Kier molecular flexibility index (Phi) is 5.51. The van der Waals surface area contributed by atoms with Gasteiger partial charge in [0.05, 0.1) is 17.2 Å². The summed E-state index contributed by atoms with van der Waals surface area (Å²) >= 11 is 0. The smallest absolute Gasteiger partial charge is 0.335 e. The lowest BCUT2D eigenvalue weighted by atomic mass is 9.99. The summed E-state index contributed by atoms with van der Waals surface area (Å²) in [6.45, 7) is 5.41. The van der Waals surface area contributed by atoms with E-state index < -0.39 is 5.97 Å². The standard InChI is InChI=1S/C19H20N2O2/c1-13-9-15(11-20)10-14(2)18(13)12-21-8-7-16-5-3-4-6-17(16)19(22)23/h3-6,9-10,21H,7-8,12H2,1-2H3,(H,22,23). The minimum absolute atomic E-state index is 0.361. The van der Waals surface area contributed by atoms with Gasteiger partial charge in [0.15, 0.2) is 0 Å². The third-order valence-electron chi connectivity index (χ3n) is 3.95. The predicted molar refractivity (Wildman–Crippen MR) is 89.4 cm³/mol. The van der Waals surface area contributed by atoms with Gasteiger partial charge >= 0.3 is 5.97 Å². The summed E-state index contributed by atoms with van der Waals surface area (Å²) in [6, 6.07) is 13.0. The van der Waals surface area contributed by atoms with Crippen LogP contribution in [0.15, 0.2) is 36.4 Å². The lowest BCUT2D eigenvalue weighted by Gasteiger charge is -2.12. The van der Waals surface area contributed by atoms with Gasteiger partial charge in [-0.15, -0.1) is 0 Å². The number of rotatable bonds is 6. The van der Waals surface area contributed by atoms with Crippen molar-refractivity contribution in [1.82, 2.24) is 5.32 Å². The first-order chi connectivity index (χ1) is 11.0. The van der Waals surface area contributed by atoms with Crippen LogP contribution in [0.1, 0.15) is 38.2 Å². The number of nitrogens with zero attached hydrogens (tertiary/aromatic N) is 1. The van der Waals surface area contributed by atoms with Crippen molar-refractivity contribution in [2.24, 2.45) is 0 Å². The number of hydrogen-bond acceptors (Lipinski definition) is 3. The molecule has 118 valence electrons. The molecule has 0 unspecified atom stereocenters. The minimum Gasteiger partial charge on any atom is -0.478 e. The molecule has 4 heteroatoms. The van der Waals surface area contributed by atoms with Gasteiger partial charge in [-0.25, -0.2) is 4.79 Å². The van der Waals surface area contributed by atoms with E-state index in [9.17, 15) is 9.90 Å². The number of carbonyl (C=O) groups is 1. The van der Waals surface area contributed by atoms with Crippen LogP contribution >= 0.6 is 0 Å². The first kappa shape index (κ1) is 16.7. The Balaban J connectivity index is 1.97. The van der Waals surface area contributed by atoms with Crippen LogP contribution in [-0.2, 0) is 13.0 Å². The summed E-state index contributed by atoms with van der Waals surface area (Å²) in [5.41, 5.74) is 5.26. The number of carboxylic acid groups (broad SMARTS) is 1. The van der Waals surface area contributed by atoms with Crippen LogP contribution in [0.2, 0.25) is 0 Å². The number of nitriles is 1. The zero-order valence-electron chi connectivity index (χ0n) is 13.4. The molecule has 2 aromatic rings. The molecule has 2 N–H and O–H groups in total. The highest BCUT2D eigenvalue weighted by Crippen LogP contribution is 2.16. The average molecular weight is 308 g/mol. The molecule has 0 bridgehead atoms. The zero-order chi connectivity index (χ0) is 16.8. The maximum Gasteiger partial charge on any atom is 0.335 e. The van der Waals surface area contributed by atoms with Gasteiger partial charge in [-0.3, -0.25) is 0 Å². The van der Waals surface area contributed by atoms with Gasteiger partial charge in [0.1, 0.15) is 0 Å². The number of nitrogens with one attached hydrogen (secondary N) is 1. The van der Waals surface area contributed by atoms with Crippen molar-refractivity contribution in [3.63, 3.8) is 0 Å². The second-order valence-corrected chi connectivity index (χ2v) is 5.59. The monoisotopic (exact) mass is 308 g/mol. The molecular weight excluding hydrogens is 288 g/mol. The molecule has 0 atom stereocenters. The van der Waals surface area contributed by atoms with Gasteiger partial charge in [-0.2, -0.15) is 5.26 Å². The molecule has 0 aliphatic rings. The Hall–Kier alpha value is -2.64. The fraction of sp³-hybridized carbons (Fsp3) is 0.263. The van der Waals surface area contributed by atoms with Crippen molar-refractivity contribution in [3.8, 4) is 6.07 Å². The van der Waals surface area contributed by atoms with Crippen LogP contribution in [0.5, 0.6) is 0 Å². The lowest BCUT2D eigenvalue weighted by Crippen LogP contribution is -2.19. The Morgan fingerprint density at radius 3 is 2.48 bits per heavy atom. The predicted octanol–water partition coefficient (Wildman–Crippen LogP) is 3.21. The number of aromatic carboxylic acids is 1. The Morgan fingerprint density at radius 1 is 1.22 bits per heavy atom. The highest BCUT2D eigenvalue weighted by Gasteiger charge is 2.09. The van der Waals surface area contributed by atoms with E-state index in [1.54, 1.807) is 12.1 Å². The summed E-state index contributed by atoms with van der Waals surface area (Å²) in [5, 5.41) is 21.5. The molecule has 2 aromatic carbocycles. The van der Waals surface area contributed by atoms with Crippen LogP contribution in [0, 0.1) is 25.2 Å². The third-order valence-corrected chi connectivity index (χ3v) is 3.95. The largest absolute Gasteiger partial charge is 0.478 e. The van der Waals surface area contributed by atoms with E-state index in [1.807, 2.05) is 38.1 Å². The first-order valence-electron chi connectivity index (χ1n) is 7.55. The molecule has 0 aliphatic carbocycles. The maximum absolute atomic E-state index is 11.2. The SMILES string of the molecule is Cc1cc(C#N)cc(C)c1CNCCc1ccccc1C(=O)O. The zero-order valence-corrected chi connectivity index (χ0v) is 13.4. The Bertz CT molecular complexity index is 737.